The normalized spacial score (nSPS) is 15.6. The maximum atomic E-state index is 12.0. The molecule has 33 heavy (non-hydrogen) atoms. The number of hydrogen-bond acceptors (Lipinski definition) is 5. The van der Waals surface area contributed by atoms with Gasteiger partial charge in [0.15, 0.2) is 0 Å². The van der Waals surface area contributed by atoms with Crippen LogP contribution in [-0.4, -0.2) is 42.3 Å². The zero-order valence-electron chi connectivity index (χ0n) is 18.2. The van der Waals surface area contributed by atoms with E-state index in [-0.39, 0.29) is 0 Å². The van der Waals surface area contributed by atoms with Crippen molar-refractivity contribution in [2.75, 3.05) is 31.6 Å². The number of para-hydroxylation sites is 1. The van der Waals surface area contributed by atoms with Crippen LogP contribution >= 0.6 is 11.6 Å². The predicted molar refractivity (Wildman–Crippen MR) is 129 cm³/mol. The number of nitrogens with one attached hydrogen (secondary N) is 1. The molecule has 0 bridgehead atoms. The first kappa shape index (κ1) is 23.1. The molecule has 2 N–H and O–H groups in total. The summed E-state index contributed by atoms with van der Waals surface area (Å²) in [5, 5.41) is 14.3. The first-order valence-electron chi connectivity index (χ1n) is 11.0. The topological polar surface area (TPSA) is 71.0 Å². The van der Waals surface area contributed by atoms with E-state index < -0.39 is 11.7 Å². The SMILES string of the molecule is O=C(Nc1ccccc1)Oc1ccc(OCCN2CCC(O)(c3ccc(Cl)cc3)CC2)cc1. The maximum Gasteiger partial charge on any atom is 0.417 e. The van der Waals surface area contributed by atoms with E-state index in [0.717, 1.165) is 25.2 Å². The fourth-order valence-electron chi connectivity index (χ4n) is 3.86. The third-order valence-electron chi connectivity index (χ3n) is 5.80. The number of carbonyl (C=O) groups excluding carboxylic acids is 1. The fraction of sp³-hybridized carbons (Fsp3) is 0.269. The van der Waals surface area contributed by atoms with Crippen LogP contribution in [0, 0.1) is 0 Å². The molecule has 0 aromatic heterocycles. The molecule has 0 spiro atoms. The van der Waals surface area contributed by atoms with Crippen molar-refractivity contribution in [3.05, 3.63) is 89.4 Å². The van der Waals surface area contributed by atoms with E-state index in [1.807, 2.05) is 42.5 Å². The fourth-order valence-corrected chi connectivity index (χ4v) is 3.99. The Morgan fingerprint density at radius 1 is 0.939 bits per heavy atom. The summed E-state index contributed by atoms with van der Waals surface area (Å²) >= 11 is 5.96. The smallest absolute Gasteiger partial charge is 0.417 e. The molecular formula is C26H27ClN2O4. The highest BCUT2D eigenvalue weighted by Crippen LogP contribution is 2.33. The lowest BCUT2D eigenvalue weighted by Crippen LogP contribution is -2.43. The number of carbonyl (C=O) groups is 1. The quantitative estimate of drug-likeness (QED) is 0.493. The summed E-state index contributed by atoms with van der Waals surface area (Å²) in [5.41, 5.74) is 0.791. The highest BCUT2D eigenvalue weighted by molar-refractivity contribution is 6.30. The van der Waals surface area contributed by atoms with Gasteiger partial charge in [0.25, 0.3) is 0 Å². The highest BCUT2D eigenvalue weighted by atomic mass is 35.5. The molecule has 0 unspecified atom stereocenters. The van der Waals surface area contributed by atoms with Crippen LogP contribution in [0.5, 0.6) is 11.5 Å². The van der Waals surface area contributed by atoms with Crippen LogP contribution in [0.4, 0.5) is 10.5 Å². The molecule has 0 saturated carbocycles. The van der Waals surface area contributed by atoms with E-state index in [4.69, 9.17) is 21.1 Å². The molecule has 3 aromatic rings. The van der Waals surface area contributed by atoms with Crippen molar-refractivity contribution in [3.8, 4) is 11.5 Å². The number of ether oxygens (including phenoxy) is 2. The molecule has 0 aliphatic carbocycles. The lowest BCUT2D eigenvalue weighted by molar-refractivity contribution is -0.0278. The summed E-state index contributed by atoms with van der Waals surface area (Å²) in [6.45, 7) is 2.90. The Morgan fingerprint density at radius 3 is 2.24 bits per heavy atom. The lowest BCUT2D eigenvalue weighted by Gasteiger charge is -2.38. The molecule has 6 nitrogen and oxygen atoms in total. The molecular weight excluding hydrogens is 440 g/mol. The summed E-state index contributed by atoms with van der Waals surface area (Å²) in [6.07, 6.45) is 0.802. The van der Waals surface area contributed by atoms with Crippen molar-refractivity contribution < 1.29 is 19.4 Å². The van der Waals surface area contributed by atoms with Gasteiger partial charge in [-0.05, 0) is 66.9 Å². The third kappa shape index (κ3) is 6.48. The summed E-state index contributed by atoms with van der Waals surface area (Å²) < 4.78 is 11.1. The van der Waals surface area contributed by atoms with Gasteiger partial charge in [-0.25, -0.2) is 4.79 Å². The Labute approximate surface area is 198 Å². The van der Waals surface area contributed by atoms with E-state index in [2.05, 4.69) is 10.2 Å². The number of benzene rings is 3. The Balaban J connectivity index is 1.18. The molecule has 4 rings (SSSR count). The van der Waals surface area contributed by atoms with E-state index in [1.54, 1.807) is 36.4 Å². The molecule has 1 aliphatic heterocycles. The minimum Gasteiger partial charge on any atom is -0.492 e. The van der Waals surface area contributed by atoms with E-state index in [0.29, 0.717) is 41.7 Å². The van der Waals surface area contributed by atoms with Crippen molar-refractivity contribution in [2.24, 2.45) is 0 Å². The monoisotopic (exact) mass is 466 g/mol. The molecule has 1 aliphatic rings. The summed E-state index contributed by atoms with van der Waals surface area (Å²) in [6, 6.07) is 23.5. The number of likely N-dealkylation sites (tertiary alicyclic amines) is 1. The Morgan fingerprint density at radius 2 is 1.58 bits per heavy atom. The number of rotatable bonds is 7. The van der Waals surface area contributed by atoms with Crippen LogP contribution in [0.1, 0.15) is 18.4 Å². The molecule has 172 valence electrons. The number of amides is 1. The molecule has 0 atom stereocenters. The summed E-state index contributed by atoms with van der Waals surface area (Å²) in [7, 11) is 0. The molecule has 1 heterocycles. The van der Waals surface area contributed by atoms with Crippen LogP contribution in [-0.2, 0) is 5.60 Å². The van der Waals surface area contributed by atoms with Crippen LogP contribution < -0.4 is 14.8 Å². The zero-order valence-corrected chi connectivity index (χ0v) is 19.0. The van der Waals surface area contributed by atoms with Gasteiger partial charge in [-0.1, -0.05) is 41.9 Å². The van der Waals surface area contributed by atoms with Gasteiger partial charge in [-0.2, -0.15) is 0 Å². The molecule has 3 aromatic carbocycles. The van der Waals surface area contributed by atoms with E-state index >= 15 is 0 Å². The first-order valence-corrected chi connectivity index (χ1v) is 11.4. The number of aliphatic hydroxyl groups is 1. The molecule has 0 radical (unpaired) electrons. The van der Waals surface area contributed by atoms with Gasteiger partial charge in [0.1, 0.15) is 18.1 Å². The molecule has 1 fully saturated rings. The third-order valence-corrected chi connectivity index (χ3v) is 6.05. The minimum atomic E-state index is -0.801. The Hall–Kier alpha value is -3.06. The largest absolute Gasteiger partial charge is 0.492 e. The Bertz CT molecular complexity index is 1030. The Kier molecular flexibility index (Phi) is 7.50. The van der Waals surface area contributed by atoms with Crippen molar-refractivity contribution >= 4 is 23.4 Å². The minimum absolute atomic E-state index is 0.438. The van der Waals surface area contributed by atoms with E-state index in [9.17, 15) is 9.90 Å². The van der Waals surface area contributed by atoms with Crippen molar-refractivity contribution in [1.29, 1.82) is 0 Å². The van der Waals surface area contributed by atoms with Crippen LogP contribution in [0.25, 0.3) is 0 Å². The lowest BCUT2D eigenvalue weighted by atomic mass is 9.84. The van der Waals surface area contributed by atoms with Crippen molar-refractivity contribution in [1.82, 2.24) is 4.90 Å². The van der Waals surface area contributed by atoms with Gasteiger partial charge in [0.05, 0.1) is 5.60 Å². The van der Waals surface area contributed by atoms with Crippen LogP contribution in [0.2, 0.25) is 5.02 Å². The number of anilines is 1. The van der Waals surface area contributed by atoms with Gasteiger partial charge in [-0.15, -0.1) is 0 Å². The second-order valence-corrected chi connectivity index (χ2v) is 8.52. The van der Waals surface area contributed by atoms with Crippen LogP contribution in [0.15, 0.2) is 78.9 Å². The first-order chi connectivity index (χ1) is 16.0. The second-order valence-electron chi connectivity index (χ2n) is 8.08. The predicted octanol–water partition coefficient (Wildman–Crippen LogP) is 5.31. The van der Waals surface area contributed by atoms with Crippen molar-refractivity contribution in [2.45, 2.75) is 18.4 Å². The van der Waals surface area contributed by atoms with E-state index in [1.165, 1.54) is 0 Å². The average Bonchev–Trinajstić information content (AvgIpc) is 2.82. The molecule has 1 saturated heterocycles. The second kappa shape index (κ2) is 10.7. The maximum absolute atomic E-state index is 12.0. The van der Waals surface area contributed by atoms with Crippen LogP contribution in [0.3, 0.4) is 0 Å². The van der Waals surface area contributed by atoms with Gasteiger partial charge >= 0.3 is 6.09 Å². The zero-order chi connectivity index (χ0) is 23.1. The van der Waals surface area contributed by atoms with Gasteiger partial charge in [-0.3, -0.25) is 10.2 Å². The highest BCUT2D eigenvalue weighted by Gasteiger charge is 2.33. The van der Waals surface area contributed by atoms with Gasteiger partial charge < -0.3 is 14.6 Å². The van der Waals surface area contributed by atoms with Gasteiger partial charge in [0.2, 0.25) is 0 Å². The summed E-state index contributed by atoms with van der Waals surface area (Å²) in [5.74, 6) is 1.15. The van der Waals surface area contributed by atoms with Crippen molar-refractivity contribution in [3.63, 3.8) is 0 Å². The number of hydrogen-bond donors (Lipinski definition) is 2. The van der Waals surface area contributed by atoms with Gasteiger partial charge in [0, 0.05) is 30.3 Å². The average molecular weight is 467 g/mol. The molecule has 7 heteroatoms. The number of halogens is 1. The standard InChI is InChI=1S/C26H27ClN2O4/c27-21-8-6-20(7-9-21)26(31)14-16-29(17-15-26)18-19-32-23-10-12-24(13-11-23)33-25(30)28-22-4-2-1-3-5-22/h1-13,31H,14-19H2,(H,28,30). The summed E-state index contributed by atoms with van der Waals surface area (Å²) in [4.78, 5) is 14.3. The number of nitrogens with zero attached hydrogens (tertiary/aromatic N) is 1. The molecule has 1 amide bonds. The number of piperidine rings is 1.